The Labute approximate surface area is 122 Å². The highest BCUT2D eigenvalue weighted by atomic mass is 16.5. The summed E-state index contributed by atoms with van der Waals surface area (Å²) in [6, 6.07) is 8.40. The van der Waals surface area contributed by atoms with Crippen LogP contribution in [-0.4, -0.2) is 25.9 Å². The van der Waals surface area contributed by atoms with E-state index in [0.29, 0.717) is 6.10 Å². The van der Waals surface area contributed by atoms with E-state index >= 15 is 0 Å². The van der Waals surface area contributed by atoms with Gasteiger partial charge in [0.25, 0.3) is 0 Å². The van der Waals surface area contributed by atoms with E-state index < -0.39 is 0 Å². The number of nitrogens with one attached hydrogen (secondary N) is 1. The molecule has 0 aliphatic carbocycles. The molecule has 2 rings (SSSR count). The van der Waals surface area contributed by atoms with Gasteiger partial charge in [0.1, 0.15) is 5.75 Å². The van der Waals surface area contributed by atoms with E-state index in [2.05, 4.69) is 36.5 Å². The lowest BCUT2D eigenvalue weighted by molar-refractivity contribution is 0.0981. The molecule has 1 fully saturated rings. The Balaban J connectivity index is 1.60. The molecule has 0 bridgehead atoms. The van der Waals surface area contributed by atoms with Gasteiger partial charge in [-0.2, -0.15) is 0 Å². The second kappa shape index (κ2) is 8.98. The van der Waals surface area contributed by atoms with Crippen LogP contribution in [0.25, 0.3) is 0 Å². The summed E-state index contributed by atoms with van der Waals surface area (Å²) in [6.07, 6.45) is 6.29. The molecule has 1 aliphatic rings. The molecule has 0 amide bonds. The third kappa shape index (κ3) is 5.51. The first-order valence-corrected chi connectivity index (χ1v) is 7.92. The maximum Gasteiger partial charge on any atom is 0.119 e. The highest BCUT2D eigenvalue weighted by Gasteiger charge is 2.14. The van der Waals surface area contributed by atoms with Gasteiger partial charge in [-0.3, -0.25) is 0 Å². The molecule has 1 heterocycles. The van der Waals surface area contributed by atoms with Gasteiger partial charge in [0.15, 0.2) is 0 Å². The van der Waals surface area contributed by atoms with Crippen molar-refractivity contribution in [2.75, 3.05) is 19.8 Å². The lowest BCUT2D eigenvalue weighted by Gasteiger charge is -2.10. The Morgan fingerprint density at radius 1 is 1.30 bits per heavy atom. The molecule has 1 N–H and O–H groups in total. The van der Waals surface area contributed by atoms with E-state index in [1.807, 2.05) is 0 Å². The molecule has 3 nitrogen and oxygen atoms in total. The maximum atomic E-state index is 5.77. The van der Waals surface area contributed by atoms with Crippen molar-refractivity contribution in [1.82, 2.24) is 5.32 Å². The molecule has 1 saturated heterocycles. The minimum atomic E-state index is 0.477. The second-order valence-corrected chi connectivity index (χ2v) is 5.45. The van der Waals surface area contributed by atoms with Gasteiger partial charge in [-0.15, -0.1) is 0 Å². The minimum absolute atomic E-state index is 0.477. The number of hydrogen-bond donors (Lipinski definition) is 1. The van der Waals surface area contributed by atoms with Gasteiger partial charge >= 0.3 is 0 Å². The fourth-order valence-electron chi connectivity index (χ4n) is 2.49. The Bertz CT molecular complexity index is 358. The molecule has 0 aromatic heterocycles. The average Bonchev–Trinajstić information content (AvgIpc) is 2.99. The van der Waals surface area contributed by atoms with Gasteiger partial charge in [-0.1, -0.05) is 19.1 Å². The Kier molecular flexibility index (Phi) is 6.89. The van der Waals surface area contributed by atoms with Crippen LogP contribution < -0.4 is 10.1 Å². The fourth-order valence-corrected chi connectivity index (χ4v) is 2.49. The third-order valence-electron chi connectivity index (χ3n) is 3.64. The largest absolute Gasteiger partial charge is 0.494 e. The minimum Gasteiger partial charge on any atom is -0.494 e. The summed E-state index contributed by atoms with van der Waals surface area (Å²) in [6.45, 7) is 5.92. The van der Waals surface area contributed by atoms with Crippen molar-refractivity contribution in [3.63, 3.8) is 0 Å². The molecular formula is C17H27NO2. The summed E-state index contributed by atoms with van der Waals surface area (Å²) in [5.74, 6) is 0.969. The van der Waals surface area contributed by atoms with Crippen molar-refractivity contribution in [1.29, 1.82) is 0 Å². The molecular weight excluding hydrogens is 250 g/mol. The standard InChI is InChI=1S/C17H27NO2/c1-2-11-18-14-15-7-9-17(10-8-15)20-13-4-6-16-5-3-12-19-16/h7-10,16,18H,2-6,11-14H2,1H3. The fraction of sp³-hybridized carbons (Fsp3) is 0.647. The van der Waals surface area contributed by atoms with Crippen molar-refractivity contribution in [3.8, 4) is 5.75 Å². The third-order valence-corrected chi connectivity index (χ3v) is 3.64. The van der Waals surface area contributed by atoms with Crippen molar-refractivity contribution in [2.24, 2.45) is 0 Å². The zero-order valence-electron chi connectivity index (χ0n) is 12.6. The van der Waals surface area contributed by atoms with E-state index in [0.717, 1.165) is 44.9 Å². The molecule has 3 heteroatoms. The molecule has 1 atom stereocenters. The summed E-state index contributed by atoms with van der Waals surface area (Å²) in [5, 5.41) is 3.40. The van der Waals surface area contributed by atoms with Gasteiger partial charge in [0, 0.05) is 13.2 Å². The van der Waals surface area contributed by atoms with Crippen LogP contribution in [0.4, 0.5) is 0 Å². The van der Waals surface area contributed by atoms with Crippen LogP contribution in [0, 0.1) is 0 Å². The van der Waals surface area contributed by atoms with Crippen LogP contribution >= 0.6 is 0 Å². The SMILES string of the molecule is CCCNCc1ccc(OCCCC2CCCO2)cc1. The monoisotopic (exact) mass is 277 g/mol. The molecule has 20 heavy (non-hydrogen) atoms. The molecule has 0 saturated carbocycles. The molecule has 1 aliphatic heterocycles. The smallest absolute Gasteiger partial charge is 0.119 e. The van der Waals surface area contributed by atoms with Crippen molar-refractivity contribution >= 4 is 0 Å². The van der Waals surface area contributed by atoms with Crippen LogP contribution in [0.3, 0.4) is 0 Å². The average molecular weight is 277 g/mol. The number of benzene rings is 1. The van der Waals surface area contributed by atoms with Crippen LogP contribution in [0.5, 0.6) is 5.75 Å². The Morgan fingerprint density at radius 3 is 2.85 bits per heavy atom. The zero-order valence-corrected chi connectivity index (χ0v) is 12.6. The summed E-state index contributed by atoms with van der Waals surface area (Å²) in [5.41, 5.74) is 1.31. The summed E-state index contributed by atoms with van der Waals surface area (Å²) < 4.78 is 11.4. The molecule has 112 valence electrons. The first-order chi connectivity index (χ1) is 9.88. The van der Waals surface area contributed by atoms with Gasteiger partial charge in [-0.25, -0.2) is 0 Å². The van der Waals surface area contributed by atoms with Crippen molar-refractivity contribution in [2.45, 2.75) is 51.7 Å². The maximum absolute atomic E-state index is 5.77. The van der Waals surface area contributed by atoms with Crippen LogP contribution in [0.1, 0.15) is 44.6 Å². The van der Waals surface area contributed by atoms with E-state index in [1.54, 1.807) is 0 Å². The topological polar surface area (TPSA) is 30.5 Å². The Morgan fingerprint density at radius 2 is 2.15 bits per heavy atom. The molecule has 0 radical (unpaired) electrons. The quantitative estimate of drug-likeness (QED) is 0.701. The van der Waals surface area contributed by atoms with Gasteiger partial charge in [0.2, 0.25) is 0 Å². The summed E-state index contributed by atoms with van der Waals surface area (Å²) in [4.78, 5) is 0. The van der Waals surface area contributed by atoms with E-state index in [-0.39, 0.29) is 0 Å². The summed E-state index contributed by atoms with van der Waals surface area (Å²) >= 11 is 0. The van der Waals surface area contributed by atoms with Gasteiger partial charge in [-0.05, 0) is 56.3 Å². The molecule has 1 aromatic carbocycles. The predicted molar refractivity (Wildman–Crippen MR) is 82.1 cm³/mol. The van der Waals surface area contributed by atoms with Crippen LogP contribution in [0.15, 0.2) is 24.3 Å². The molecule has 0 spiro atoms. The van der Waals surface area contributed by atoms with E-state index in [4.69, 9.17) is 9.47 Å². The normalized spacial score (nSPS) is 18.4. The van der Waals surface area contributed by atoms with Crippen LogP contribution in [0.2, 0.25) is 0 Å². The molecule has 1 unspecified atom stereocenters. The second-order valence-electron chi connectivity index (χ2n) is 5.45. The summed E-state index contributed by atoms with van der Waals surface area (Å²) in [7, 11) is 0. The highest BCUT2D eigenvalue weighted by molar-refractivity contribution is 5.27. The number of ether oxygens (including phenoxy) is 2. The number of hydrogen-bond acceptors (Lipinski definition) is 3. The first kappa shape index (κ1) is 15.3. The predicted octanol–water partition coefficient (Wildman–Crippen LogP) is 3.52. The van der Waals surface area contributed by atoms with Crippen molar-refractivity contribution in [3.05, 3.63) is 29.8 Å². The van der Waals surface area contributed by atoms with E-state index in [1.165, 1.54) is 24.8 Å². The first-order valence-electron chi connectivity index (χ1n) is 7.92. The van der Waals surface area contributed by atoms with Crippen LogP contribution in [-0.2, 0) is 11.3 Å². The van der Waals surface area contributed by atoms with Crippen molar-refractivity contribution < 1.29 is 9.47 Å². The zero-order chi connectivity index (χ0) is 14.0. The lowest BCUT2D eigenvalue weighted by Crippen LogP contribution is -2.13. The van der Waals surface area contributed by atoms with Gasteiger partial charge in [0.05, 0.1) is 12.7 Å². The van der Waals surface area contributed by atoms with Gasteiger partial charge < -0.3 is 14.8 Å². The van der Waals surface area contributed by atoms with E-state index in [9.17, 15) is 0 Å². The lowest BCUT2D eigenvalue weighted by atomic mass is 10.1. The Hall–Kier alpha value is -1.06. The highest BCUT2D eigenvalue weighted by Crippen LogP contribution is 2.17. The molecule has 1 aromatic rings. The number of rotatable bonds is 9.